The minimum absolute atomic E-state index is 0.641. The third-order valence-corrected chi connectivity index (χ3v) is 5.44. The molecule has 104 valence electrons. The van der Waals surface area contributed by atoms with Crippen molar-refractivity contribution in [3.05, 3.63) is 57.3 Å². The number of aryl methyl sites for hydroxylation is 1. The quantitative estimate of drug-likeness (QED) is 0.930. The van der Waals surface area contributed by atoms with E-state index in [9.17, 15) is 9.90 Å². The fourth-order valence-corrected chi connectivity index (χ4v) is 4.19. The van der Waals surface area contributed by atoms with E-state index in [1.807, 2.05) is 12.1 Å². The summed E-state index contributed by atoms with van der Waals surface area (Å²) in [6.45, 7) is 2.13. The van der Waals surface area contributed by atoms with Crippen LogP contribution in [0.25, 0.3) is 0 Å². The second kappa shape index (κ2) is 5.06. The molecular weight excluding hydrogens is 268 g/mol. The summed E-state index contributed by atoms with van der Waals surface area (Å²) in [7, 11) is 0. The third kappa shape index (κ3) is 2.27. The van der Waals surface area contributed by atoms with Crippen LogP contribution in [0.5, 0.6) is 0 Å². The Morgan fingerprint density at radius 2 is 1.75 bits per heavy atom. The summed E-state index contributed by atoms with van der Waals surface area (Å²) in [6.07, 6.45) is 2.96. The molecule has 1 aromatic carbocycles. The number of aliphatic carboxylic acids is 1. The standard InChI is InChI=1S/C17H18O2S/c1-2-14-7-8-15(20-14)11-17(16(18)19)9-12-5-3-4-6-13(12)10-17/h3-8H,2,9-11H2,1H3,(H,18,19). The maximum atomic E-state index is 11.9. The Morgan fingerprint density at radius 1 is 1.15 bits per heavy atom. The molecule has 0 saturated carbocycles. The molecular formula is C17H18O2S. The van der Waals surface area contributed by atoms with Gasteiger partial charge in [0.25, 0.3) is 0 Å². The van der Waals surface area contributed by atoms with Crippen LogP contribution in [0, 0.1) is 5.41 Å². The molecule has 2 aromatic rings. The van der Waals surface area contributed by atoms with Crippen molar-refractivity contribution in [1.82, 2.24) is 0 Å². The highest BCUT2D eigenvalue weighted by molar-refractivity contribution is 7.12. The summed E-state index contributed by atoms with van der Waals surface area (Å²) in [4.78, 5) is 14.4. The predicted octanol–water partition coefficient (Wildman–Crippen LogP) is 3.72. The molecule has 1 aliphatic carbocycles. The topological polar surface area (TPSA) is 37.3 Å². The SMILES string of the molecule is CCc1ccc(CC2(C(=O)O)Cc3ccccc3C2)s1. The lowest BCUT2D eigenvalue weighted by Gasteiger charge is -2.23. The van der Waals surface area contributed by atoms with Crippen LogP contribution in [-0.4, -0.2) is 11.1 Å². The van der Waals surface area contributed by atoms with Gasteiger partial charge in [0.2, 0.25) is 0 Å². The van der Waals surface area contributed by atoms with Crippen molar-refractivity contribution in [2.45, 2.75) is 32.6 Å². The summed E-state index contributed by atoms with van der Waals surface area (Å²) in [5, 5.41) is 9.77. The van der Waals surface area contributed by atoms with Crippen LogP contribution in [-0.2, 0) is 30.5 Å². The van der Waals surface area contributed by atoms with Gasteiger partial charge in [-0.05, 0) is 48.9 Å². The number of benzene rings is 1. The Labute approximate surface area is 123 Å². The summed E-state index contributed by atoms with van der Waals surface area (Å²) in [6, 6.07) is 12.3. The molecule has 0 radical (unpaired) electrons. The van der Waals surface area contributed by atoms with Crippen LogP contribution >= 0.6 is 11.3 Å². The third-order valence-electron chi connectivity index (χ3n) is 4.21. The van der Waals surface area contributed by atoms with Gasteiger partial charge in [0.1, 0.15) is 0 Å². The van der Waals surface area contributed by atoms with Crippen LogP contribution in [0.3, 0.4) is 0 Å². The Morgan fingerprint density at radius 3 is 2.25 bits per heavy atom. The van der Waals surface area contributed by atoms with E-state index >= 15 is 0 Å². The Kier molecular flexibility index (Phi) is 3.38. The van der Waals surface area contributed by atoms with Crippen molar-refractivity contribution in [3.63, 3.8) is 0 Å². The summed E-state index contributed by atoms with van der Waals surface area (Å²) >= 11 is 1.75. The molecule has 0 amide bonds. The largest absolute Gasteiger partial charge is 0.481 e. The highest BCUT2D eigenvalue weighted by Gasteiger charge is 2.44. The molecule has 3 heteroatoms. The molecule has 2 nitrogen and oxygen atoms in total. The van der Waals surface area contributed by atoms with Gasteiger partial charge in [-0.3, -0.25) is 4.79 Å². The first-order valence-electron chi connectivity index (χ1n) is 7.01. The molecule has 0 fully saturated rings. The van der Waals surface area contributed by atoms with Crippen LogP contribution < -0.4 is 0 Å². The molecule has 1 N–H and O–H groups in total. The molecule has 1 aliphatic rings. The highest BCUT2D eigenvalue weighted by atomic mass is 32.1. The summed E-state index contributed by atoms with van der Waals surface area (Å²) in [5.41, 5.74) is 1.74. The number of fused-ring (bicyclic) bond motifs is 1. The van der Waals surface area contributed by atoms with Gasteiger partial charge in [-0.2, -0.15) is 0 Å². The van der Waals surface area contributed by atoms with Crippen molar-refractivity contribution in [2.75, 3.05) is 0 Å². The highest BCUT2D eigenvalue weighted by Crippen LogP contribution is 2.41. The normalized spacial score (nSPS) is 16.1. The van der Waals surface area contributed by atoms with Gasteiger partial charge >= 0.3 is 5.97 Å². The molecule has 0 saturated heterocycles. The molecule has 3 rings (SSSR count). The van der Waals surface area contributed by atoms with Crippen molar-refractivity contribution < 1.29 is 9.90 Å². The van der Waals surface area contributed by atoms with E-state index in [0.29, 0.717) is 19.3 Å². The lowest BCUT2D eigenvalue weighted by atomic mass is 9.81. The average Bonchev–Trinajstić information content (AvgIpc) is 3.03. The van der Waals surface area contributed by atoms with Crippen LogP contribution in [0.2, 0.25) is 0 Å². The minimum Gasteiger partial charge on any atom is -0.481 e. The fraction of sp³-hybridized carbons (Fsp3) is 0.353. The van der Waals surface area contributed by atoms with Gasteiger partial charge in [-0.15, -0.1) is 11.3 Å². The molecule has 1 heterocycles. The predicted molar refractivity (Wildman–Crippen MR) is 81.3 cm³/mol. The van der Waals surface area contributed by atoms with Crippen molar-refractivity contribution in [1.29, 1.82) is 0 Å². The number of carboxylic acid groups (broad SMARTS) is 1. The van der Waals surface area contributed by atoms with Gasteiger partial charge < -0.3 is 5.11 Å². The van der Waals surface area contributed by atoms with Crippen molar-refractivity contribution in [3.8, 4) is 0 Å². The second-order valence-corrected chi connectivity index (χ2v) is 6.86. The van der Waals surface area contributed by atoms with Gasteiger partial charge in [-0.25, -0.2) is 0 Å². The van der Waals surface area contributed by atoms with Crippen molar-refractivity contribution >= 4 is 17.3 Å². The van der Waals surface area contributed by atoms with Gasteiger partial charge in [0.15, 0.2) is 0 Å². The first-order chi connectivity index (χ1) is 9.63. The van der Waals surface area contributed by atoms with E-state index in [1.165, 1.54) is 20.9 Å². The first kappa shape index (κ1) is 13.4. The monoisotopic (exact) mass is 286 g/mol. The van der Waals surface area contributed by atoms with Gasteiger partial charge in [0.05, 0.1) is 5.41 Å². The smallest absolute Gasteiger partial charge is 0.310 e. The number of carbonyl (C=O) groups is 1. The van der Waals surface area contributed by atoms with Crippen LogP contribution in [0.1, 0.15) is 27.8 Å². The van der Waals surface area contributed by atoms with Crippen LogP contribution in [0.15, 0.2) is 36.4 Å². The van der Waals surface area contributed by atoms with Gasteiger partial charge in [0, 0.05) is 9.75 Å². The number of hydrogen-bond donors (Lipinski definition) is 1. The van der Waals surface area contributed by atoms with Crippen molar-refractivity contribution in [2.24, 2.45) is 5.41 Å². The lowest BCUT2D eigenvalue weighted by molar-refractivity contribution is -0.148. The zero-order valence-corrected chi connectivity index (χ0v) is 12.4. The Hall–Kier alpha value is -1.61. The van der Waals surface area contributed by atoms with E-state index in [2.05, 4.69) is 31.2 Å². The molecule has 1 aromatic heterocycles. The second-order valence-electron chi connectivity index (χ2n) is 5.61. The average molecular weight is 286 g/mol. The molecule has 0 atom stereocenters. The van der Waals surface area contributed by atoms with E-state index in [1.54, 1.807) is 11.3 Å². The molecule has 20 heavy (non-hydrogen) atoms. The molecule has 0 spiro atoms. The maximum absolute atomic E-state index is 11.9. The number of hydrogen-bond acceptors (Lipinski definition) is 2. The zero-order chi connectivity index (χ0) is 14.2. The molecule has 0 unspecified atom stereocenters. The van der Waals surface area contributed by atoms with Crippen LogP contribution in [0.4, 0.5) is 0 Å². The fourth-order valence-electron chi connectivity index (χ4n) is 3.09. The zero-order valence-electron chi connectivity index (χ0n) is 11.6. The number of rotatable bonds is 4. The number of carboxylic acids is 1. The molecule has 0 aliphatic heterocycles. The van der Waals surface area contributed by atoms with E-state index in [0.717, 1.165) is 6.42 Å². The molecule has 0 bridgehead atoms. The van der Waals surface area contributed by atoms with E-state index in [4.69, 9.17) is 0 Å². The maximum Gasteiger partial charge on any atom is 0.310 e. The Bertz CT molecular complexity index is 617. The number of thiophene rings is 1. The first-order valence-corrected chi connectivity index (χ1v) is 7.82. The summed E-state index contributed by atoms with van der Waals surface area (Å²) < 4.78 is 0. The van der Waals surface area contributed by atoms with Gasteiger partial charge in [-0.1, -0.05) is 31.2 Å². The summed E-state index contributed by atoms with van der Waals surface area (Å²) in [5.74, 6) is -0.667. The minimum atomic E-state index is -0.667. The van der Waals surface area contributed by atoms with E-state index in [-0.39, 0.29) is 0 Å². The lowest BCUT2D eigenvalue weighted by Crippen LogP contribution is -2.34. The van der Waals surface area contributed by atoms with E-state index < -0.39 is 11.4 Å². The Balaban J connectivity index is 1.89.